The number of fused-ring (bicyclic) bond motifs is 1. The largest absolute Gasteiger partial charge is 0.363 e. The molecule has 2 heterocycles. The highest BCUT2D eigenvalue weighted by Gasteiger charge is 2.41. The van der Waals surface area contributed by atoms with Gasteiger partial charge in [-0.3, -0.25) is 0 Å². The van der Waals surface area contributed by atoms with Gasteiger partial charge in [0.1, 0.15) is 5.82 Å². The van der Waals surface area contributed by atoms with Crippen molar-refractivity contribution >= 4 is 11.5 Å². The Bertz CT molecular complexity index is 485. The van der Waals surface area contributed by atoms with Gasteiger partial charge in [0.05, 0.1) is 11.7 Å². The van der Waals surface area contributed by atoms with Gasteiger partial charge in [-0.05, 0) is 18.9 Å². The number of rotatable bonds is 3. The zero-order valence-corrected chi connectivity index (χ0v) is 8.35. The molecule has 0 bridgehead atoms. The summed E-state index contributed by atoms with van der Waals surface area (Å²) in [5, 5.41) is 7.48. The molecule has 0 unspecified atom stereocenters. The number of hydrogen-bond acceptors (Lipinski definition) is 4. The monoisotopic (exact) mass is 203 g/mol. The van der Waals surface area contributed by atoms with Crippen molar-refractivity contribution in [3.8, 4) is 0 Å². The zero-order valence-electron chi connectivity index (χ0n) is 8.35. The van der Waals surface area contributed by atoms with Crippen LogP contribution in [0, 0.1) is 0 Å². The number of nitrogens with two attached hydrogens (primary N) is 1. The van der Waals surface area contributed by atoms with E-state index in [1.54, 1.807) is 10.7 Å². The first-order valence-corrected chi connectivity index (χ1v) is 5.10. The molecule has 1 aliphatic carbocycles. The third-order valence-electron chi connectivity index (χ3n) is 2.90. The second-order valence-electron chi connectivity index (χ2n) is 4.06. The first-order valence-electron chi connectivity index (χ1n) is 5.10. The molecule has 1 fully saturated rings. The minimum atomic E-state index is 0.103. The van der Waals surface area contributed by atoms with Crippen LogP contribution in [0.5, 0.6) is 0 Å². The summed E-state index contributed by atoms with van der Waals surface area (Å²) in [7, 11) is 0. The lowest BCUT2D eigenvalue weighted by Crippen LogP contribution is -2.31. The van der Waals surface area contributed by atoms with Crippen LogP contribution in [0.3, 0.4) is 0 Å². The van der Waals surface area contributed by atoms with E-state index in [1.165, 1.54) is 0 Å². The molecule has 78 valence electrons. The van der Waals surface area contributed by atoms with Crippen LogP contribution in [0.25, 0.3) is 5.65 Å². The zero-order chi connectivity index (χ0) is 10.3. The van der Waals surface area contributed by atoms with Gasteiger partial charge >= 0.3 is 0 Å². The minimum absolute atomic E-state index is 0.103. The first kappa shape index (κ1) is 8.67. The summed E-state index contributed by atoms with van der Waals surface area (Å²) < 4.78 is 1.74. The lowest BCUT2D eigenvalue weighted by Gasteiger charge is -2.15. The van der Waals surface area contributed by atoms with Gasteiger partial charge in [0.2, 0.25) is 0 Å². The fraction of sp³-hybridized carbons (Fsp3) is 0.400. The number of aromatic nitrogens is 3. The fourth-order valence-corrected chi connectivity index (χ4v) is 1.68. The molecule has 1 aliphatic rings. The number of nitrogens with zero attached hydrogens (tertiary/aromatic N) is 3. The molecule has 0 spiro atoms. The van der Waals surface area contributed by atoms with Crippen molar-refractivity contribution in [2.75, 3.05) is 11.9 Å². The number of nitrogens with one attached hydrogen (secondary N) is 1. The smallest absolute Gasteiger partial charge is 0.157 e. The molecule has 0 radical (unpaired) electrons. The van der Waals surface area contributed by atoms with E-state index in [0.29, 0.717) is 6.54 Å². The third kappa shape index (κ3) is 1.45. The van der Waals surface area contributed by atoms with E-state index in [0.717, 1.165) is 24.3 Å². The van der Waals surface area contributed by atoms with Gasteiger partial charge < -0.3 is 11.1 Å². The summed E-state index contributed by atoms with van der Waals surface area (Å²) in [4.78, 5) is 4.44. The topological polar surface area (TPSA) is 68.2 Å². The maximum absolute atomic E-state index is 5.70. The van der Waals surface area contributed by atoms with Gasteiger partial charge in [0, 0.05) is 18.8 Å². The Hall–Kier alpha value is -1.62. The molecule has 3 N–H and O–H groups in total. The minimum Gasteiger partial charge on any atom is -0.363 e. The van der Waals surface area contributed by atoms with E-state index >= 15 is 0 Å². The van der Waals surface area contributed by atoms with Crippen molar-refractivity contribution in [1.29, 1.82) is 0 Å². The van der Waals surface area contributed by atoms with Gasteiger partial charge in [-0.1, -0.05) is 0 Å². The molecule has 0 saturated heterocycles. The fourth-order valence-electron chi connectivity index (χ4n) is 1.68. The molecule has 0 amide bonds. The van der Waals surface area contributed by atoms with Crippen molar-refractivity contribution in [2.24, 2.45) is 5.73 Å². The number of anilines is 1. The van der Waals surface area contributed by atoms with Crippen LogP contribution in [-0.2, 0) is 0 Å². The number of hydrogen-bond donors (Lipinski definition) is 2. The Morgan fingerprint density at radius 2 is 2.33 bits per heavy atom. The Kier molecular flexibility index (Phi) is 1.70. The lowest BCUT2D eigenvalue weighted by atomic mass is 10.3. The predicted molar refractivity (Wildman–Crippen MR) is 57.6 cm³/mol. The molecule has 15 heavy (non-hydrogen) atoms. The molecule has 0 atom stereocenters. The van der Waals surface area contributed by atoms with Gasteiger partial charge in [0.25, 0.3) is 0 Å². The van der Waals surface area contributed by atoms with Crippen LogP contribution < -0.4 is 11.1 Å². The normalized spacial score (nSPS) is 17.9. The van der Waals surface area contributed by atoms with Crippen molar-refractivity contribution in [1.82, 2.24) is 14.6 Å². The van der Waals surface area contributed by atoms with E-state index < -0.39 is 0 Å². The average Bonchev–Trinajstić information content (AvgIpc) is 2.88. The van der Waals surface area contributed by atoms with Crippen LogP contribution >= 0.6 is 0 Å². The van der Waals surface area contributed by atoms with E-state index in [2.05, 4.69) is 15.4 Å². The van der Waals surface area contributed by atoms with E-state index in [4.69, 9.17) is 5.73 Å². The van der Waals surface area contributed by atoms with Gasteiger partial charge in [-0.25, -0.2) is 9.50 Å². The molecule has 5 nitrogen and oxygen atoms in total. The molecule has 3 rings (SSSR count). The molecule has 5 heteroatoms. The summed E-state index contributed by atoms with van der Waals surface area (Å²) in [6, 6.07) is 3.81. The first-order chi connectivity index (χ1) is 7.31. The van der Waals surface area contributed by atoms with Crippen LogP contribution in [0.1, 0.15) is 12.8 Å². The second-order valence-corrected chi connectivity index (χ2v) is 4.06. The van der Waals surface area contributed by atoms with Crippen LogP contribution in [0.15, 0.2) is 24.5 Å². The maximum atomic E-state index is 5.70. The van der Waals surface area contributed by atoms with Crippen molar-refractivity contribution in [3.05, 3.63) is 24.5 Å². The van der Waals surface area contributed by atoms with Crippen molar-refractivity contribution in [2.45, 2.75) is 18.4 Å². The average molecular weight is 203 g/mol. The Morgan fingerprint density at radius 1 is 1.47 bits per heavy atom. The Balaban J connectivity index is 1.91. The lowest BCUT2D eigenvalue weighted by molar-refractivity contribution is 0.736. The van der Waals surface area contributed by atoms with Crippen molar-refractivity contribution in [3.63, 3.8) is 0 Å². The van der Waals surface area contributed by atoms with E-state index in [9.17, 15) is 0 Å². The standard InChI is InChI=1S/C10H13N5/c11-7-10(3-4-10)14-8-2-6-15-9(13-8)1-5-12-15/h1-2,5-6H,3-4,7,11H2,(H,13,14). The summed E-state index contributed by atoms with van der Waals surface area (Å²) in [5.41, 5.74) is 6.66. The summed E-state index contributed by atoms with van der Waals surface area (Å²) in [6.45, 7) is 0.666. The van der Waals surface area contributed by atoms with Gasteiger partial charge in [-0.15, -0.1) is 0 Å². The van der Waals surface area contributed by atoms with Crippen LogP contribution in [0.2, 0.25) is 0 Å². The summed E-state index contributed by atoms with van der Waals surface area (Å²) in [5.74, 6) is 0.881. The molecular formula is C10H13N5. The highest BCUT2D eigenvalue weighted by molar-refractivity contribution is 5.48. The highest BCUT2D eigenvalue weighted by atomic mass is 15.3. The molecular weight excluding hydrogens is 190 g/mol. The molecule has 0 aromatic carbocycles. The molecule has 0 aliphatic heterocycles. The Morgan fingerprint density at radius 3 is 3.07 bits per heavy atom. The SMILES string of the molecule is NCC1(Nc2ccn3nccc3n2)CC1. The van der Waals surface area contributed by atoms with E-state index in [-0.39, 0.29) is 5.54 Å². The van der Waals surface area contributed by atoms with E-state index in [1.807, 2.05) is 18.3 Å². The molecule has 2 aromatic heterocycles. The predicted octanol–water partition coefficient (Wildman–Crippen LogP) is 0.632. The van der Waals surface area contributed by atoms with Gasteiger partial charge in [0.15, 0.2) is 5.65 Å². The summed E-state index contributed by atoms with van der Waals surface area (Å²) >= 11 is 0. The molecule has 2 aromatic rings. The highest BCUT2D eigenvalue weighted by Crippen LogP contribution is 2.37. The van der Waals surface area contributed by atoms with Crippen LogP contribution in [0.4, 0.5) is 5.82 Å². The van der Waals surface area contributed by atoms with Crippen LogP contribution in [-0.4, -0.2) is 26.7 Å². The second kappa shape index (κ2) is 2.93. The summed E-state index contributed by atoms with van der Waals surface area (Å²) in [6.07, 6.45) is 5.91. The Labute approximate surface area is 87.3 Å². The van der Waals surface area contributed by atoms with Gasteiger partial charge in [-0.2, -0.15) is 5.10 Å². The molecule has 1 saturated carbocycles. The third-order valence-corrected chi connectivity index (χ3v) is 2.90. The van der Waals surface area contributed by atoms with Crippen molar-refractivity contribution < 1.29 is 0 Å². The quantitative estimate of drug-likeness (QED) is 0.767. The maximum Gasteiger partial charge on any atom is 0.157 e.